The maximum absolute atomic E-state index is 13.1. The molecule has 0 radical (unpaired) electrons. The van der Waals surface area contributed by atoms with E-state index in [1.54, 1.807) is 7.11 Å². The maximum Gasteiger partial charge on any atom is 0.252 e. The molecule has 0 bridgehead atoms. The van der Waals surface area contributed by atoms with Gasteiger partial charge in [-0.3, -0.25) is 14.7 Å². The van der Waals surface area contributed by atoms with Crippen molar-refractivity contribution in [3.05, 3.63) is 83.7 Å². The quantitative estimate of drug-likeness (QED) is 0.458. The van der Waals surface area contributed by atoms with Gasteiger partial charge in [0, 0.05) is 44.8 Å². The number of carbonyl (C=O) groups excluding carboxylic acids is 1. The van der Waals surface area contributed by atoms with Gasteiger partial charge in [0.15, 0.2) is 0 Å². The molecule has 184 valence electrons. The summed E-state index contributed by atoms with van der Waals surface area (Å²) in [6.45, 7) is 5.67. The first-order chi connectivity index (χ1) is 17.1. The largest absolute Gasteiger partial charge is 0.375 e. The second-order valence-electron chi connectivity index (χ2n) is 9.52. The van der Waals surface area contributed by atoms with Crippen LogP contribution in [0.3, 0.4) is 0 Å². The topological polar surface area (TPSA) is 45.7 Å². The molecule has 0 atom stereocenters. The molecule has 1 aliphatic rings. The van der Waals surface area contributed by atoms with Crippen LogP contribution < -0.4 is 4.90 Å². The number of pyridine rings is 1. The summed E-state index contributed by atoms with van der Waals surface area (Å²) in [7, 11) is 1.59. The van der Waals surface area contributed by atoms with Crippen molar-refractivity contribution >= 4 is 11.6 Å². The molecular weight excluding hydrogens is 434 g/mol. The van der Waals surface area contributed by atoms with Crippen LogP contribution in [0.25, 0.3) is 11.1 Å². The van der Waals surface area contributed by atoms with Crippen LogP contribution >= 0.6 is 0 Å². The molecule has 35 heavy (non-hydrogen) atoms. The van der Waals surface area contributed by atoms with Crippen LogP contribution in [-0.2, 0) is 22.6 Å². The molecule has 0 saturated heterocycles. The van der Waals surface area contributed by atoms with Crippen LogP contribution in [0, 0.1) is 6.92 Å². The van der Waals surface area contributed by atoms with E-state index in [-0.39, 0.29) is 12.5 Å². The highest BCUT2D eigenvalue weighted by Crippen LogP contribution is 2.30. The van der Waals surface area contributed by atoms with E-state index in [2.05, 4.69) is 59.3 Å². The second-order valence-corrected chi connectivity index (χ2v) is 9.52. The number of methoxy groups -OCH3 is 1. The van der Waals surface area contributed by atoms with Gasteiger partial charge in [-0.2, -0.15) is 0 Å². The van der Waals surface area contributed by atoms with Gasteiger partial charge in [0.05, 0.1) is 0 Å². The Morgan fingerprint density at radius 1 is 0.886 bits per heavy atom. The molecular formula is C30H37N3O2. The number of benzene rings is 2. The van der Waals surface area contributed by atoms with Crippen LogP contribution in [-0.4, -0.2) is 42.6 Å². The van der Waals surface area contributed by atoms with Crippen LogP contribution in [0.4, 0.5) is 5.69 Å². The Balaban J connectivity index is 1.72. The van der Waals surface area contributed by atoms with Crippen molar-refractivity contribution in [3.63, 3.8) is 0 Å². The first-order valence-electron chi connectivity index (χ1n) is 12.7. The van der Waals surface area contributed by atoms with Crippen molar-refractivity contribution in [2.75, 3.05) is 31.7 Å². The maximum atomic E-state index is 13.1. The molecule has 5 heteroatoms. The number of ether oxygens (including phenoxy) is 1. The average Bonchev–Trinajstić information content (AvgIpc) is 2.87. The van der Waals surface area contributed by atoms with E-state index in [4.69, 9.17) is 4.74 Å². The number of nitrogens with zero attached hydrogens (tertiary/aromatic N) is 3. The zero-order valence-electron chi connectivity index (χ0n) is 21.1. The fraction of sp³-hybridized carbons (Fsp3) is 0.400. The minimum atomic E-state index is 0.0209. The molecule has 2 aromatic carbocycles. The molecule has 0 unspecified atom stereocenters. The first kappa shape index (κ1) is 25.1. The number of anilines is 1. The van der Waals surface area contributed by atoms with E-state index in [9.17, 15) is 4.79 Å². The summed E-state index contributed by atoms with van der Waals surface area (Å²) < 4.78 is 5.24. The number of hydrogen-bond donors (Lipinski definition) is 0. The highest BCUT2D eigenvalue weighted by atomic mass is 16.5. The van der Waals surface area contributed by atoms with Crippen LogP contribution in [0.5, 0.6) is 0 Å². The molecule has 0 N–H and O–H groups in total. The van der Waals surface area contributed by atoms with Crippen molar-refractivity contribution < 1.29 is 9.53 Å². The van der Waals surface area contributed by atoms with Crippen molar-refractivity contribution in [2.24, 2.45) is 0 Å². The van der Waals surface area contributed by atoms with Crippen LogP contribution in [0.1, 0.15) is 48.8 Å². The van der Waals surface area contributed by atoms with Gasteiger partial charge in [-0.1, -0.05) is 55.2 Å². The van der Waals surface area contributed by atoms with E-state index in [1.165, 1.54) is 36.0 Å². The Bertz CT molecular complexity index is 1080. The number of fused-ring (bicyclic) bond motifs is 1. The van der Waals surface area contributed by atoms with Gasteiger partial charge in [-0.05, 0) is 72.8 Å². The SMILES string of the molecule is COCC(=O)N1CCCCCCCN(Cc2ccc(C)cc2)Cc2cc(-c3ccncc3)ccc21. The molecule has 0 saturated carbocycles. The number of aromatic nitrogens is 1. The molecule has 3 aromatic rings. The van der Waals surface area contributed by atoms with Crippen molar-refractivity contribution in [1.29, 1.82) is 0 Å². The molecule has 2 heterocycles. The zero-order valence-corrected chi connectivity index (χ0v) is 21.1. The summed E-state index contributed by atoms with van der Waals surface area (Å²) in [6, 6.07) is 19.4. The second kappa shape index (κ2) is 12.6. The molecule has 1 aliphatic heterocycles. The summed E-state index contributed by atoms with van der Waals surface area (Å²) in [5.74, 6) is 0.0209. The number of carbonyl (C=O) groups is 1. The van der Waals surface area contributed by atoms with E-state index >= 15 is 0 Å². The zero-order chi connectivity index (χ0) is 24.5. The molecule has 1 aromatic heterocycles. The molecule has 1 amide bonds. The number of aryl methyl sites for hydroxylation is 1. The molecule has 5 nitrogen and oxygen atoms in total. The van der Waals surface area contributed by atoms with Gasteiger partial charge in [-0.25, -0.2) is 0 Å². The third-order valence-electron chi connectivity index (χ3n) is 6.73. The van der Waals surface area contributed by atoms with E-state index in [1.807, 2.05) is 29.4 Å². The first-order valence-corrected chi connectivity index (χ1v) is 12.7. The lowest BCUT2D eigenvalue weighted by atomic mass is 10.0. The van der Waals surface area contributed by atoms with Gasteiger partial charge in [0.1, 0.15) is 6.61 Å². The molecule has 4 rings (SSSR count). The lowest BCUT2D eigenvalue weighted by Gasteiger charge is -2.30. The predicted octanol–water partition coefficient (Wildman–Crippen LogP) is 6.00. The number of rotatable bonds is 5. The monoisotopic (exact) mass is 471 g/mol. The van der Waals surface area contributed by atoms with Crippen LogP contribution in [0.15, 0.2) is 67.0 Å². The highest BCUT2D eigenvalue weighted by Gasteiger charge is 2.21. The van der Waals surface area contributed by atoms with E-state index in [0.717, 1.165) is 55.8 Å². The lowest BCUT2D eigenvalue weighted by Crippen LogP contribution is -2.36. The minimum Gasteiger partial charge on any atom is -0.375 e. The van der Waals surface area contributed by atoms with Crippen molar-refractivity contribution in [1.82, 2.24) is 9.88 Å². The summed E-state index contributed by atoms with van der Waals surface area (Å²) in [5, 5.41) is 0. The number of amides is 1. The number of hydrogen-bond acceptors (Lipinski definition) is 4. The van der Waals surface area contributed by atoms with Gasteiger partial charge >= 0.3 is 0 Å². The van der Waals surface area contributed by atoms with E-state index < -0.39 is 0 Å². The van der Waals surface area contributed by atoms with Crippen molar-refractivity contribution in [2.45, 2.75) is 52.1 Å². The Kier molecular flexibility index (Phi) is 9.04. The molecule has 0 fully saturated rings. The Morgan fingerprint density at radius 2 is 1.60 bits per heavy atom. The highest BCUT2D eigenvalue weighted by molar-refractivity contribution is 5.95. The fourth-order valence-corrected chi connectivity index (χ4v) is 4.82. The third-order valence-corrected chi connectivity index (χ3v) is 6.73. The fourth-order valence-electron chi connectivity index (χ4n) is 4.82. The lowest BCUT2D eigenvalue weighted by molar-refractivity contribution is -0.122. The van der Waals surface area contributed by atoms with Crippen LogP contribution in [0.2, 0.25) is 0 Å². The Hall–Kier alpha value is -3.02. The average molecular weight is 472 g/mol. The minimum absolute atomic E-state index is 0.0209. The summed E-state index contributed by atoms with van der Waals surface area (Å²) in [5.41, 5.74) is 7.06. The Morgan fingerprint density at radius 3 is 2.34 bits per heavy atom. The Labute approximate surface area is 209 Å². The smallest absolute Gasteiger partial charge is 0.252 e. The summed E-state index contributed by atoms with van der Waals surface area (Å²) in [4.78, 5) is 21.8. The molecule has 0 spiro atoms. The van der Waals surface area contributed by atoms with Gasteiger partial charge in [0.25, 0.3) is 5.91 Å². The van der Waals surface area contributed by atoms with Gasteiger partial charge < -0.3 is 9.64 Å². The van der Waals surface area contributed by atoms with Crippen molar-refractivity contribution in [3.8, 4) is 11.1 Å². The molecule has 0 aliphatic carbocycles. The van der Waals surface area contributed by atoms with E-state index in [0.29, 0.717) is 0 Å². The summed E-state index contributed by atoms with van der Waals surface area (Å²) >= 11 is 0. The van der Waals surface area contributed by atoms with Gasteiger partial charge in [-0.15, -0.1) is 0 Å². The predicted molar refractivity (Wildman–Crippen MR) is 142 cm³/mol. The van der Waals surface area contributed by atoms with Gasteiger partial charge in [0.2, 0.25) is 0 Å². The standard InChI is InChI=1S/C30H37N3O2/c1-24-8-10-25(11-9-24)21-32-18-6-4-3-5-7-19-33(30(34)23-35-2)29-13-12-27(20-28(29)22-32)26-14-16-31-17-15-26/h8-17,20H,3-7,18-19,21-23H2,1-2H3. The summed E-state index contributed by atoms with van der Waals surface area (Å²) in [6.07, 6.45) is 9.42. The third kappa shape index (κ3) is 7.00. The normalized spacial score (nSPS) is 15.7.